The molecule has 2 aromatic carbocycles. The van der Waals surface area contributed by atoms with Gasteiger partial charge >= 0.3 is 0 Å². The lowest BCUT2D eigenvalue weighted by molar-refractivity contribution is 0.102. The van der Waals surface area contributed by atoms with E-state index in [4.69, 9.17) is 9.47 Å². The summed E-state index contributed by atoms with van der Waals surface area (Å²) >= 11 is 1.30. The molecule has 30 heavy (non-hydrogen) atoms. The van der Waals surface area contributed by atoms with Gasteiger partial charge in [0.15, 0.2) is 28.3 Å². The van der Waals surface area contributed by atoms with E-state index >= 15 is 0 Å². The van der Waals surface area contributed by atoms with E-state index in [1.165, 1.54) is 17.8 Å². The van der Waals surface area contributed by atoms with Gasteiger partial charge in [-0.2, -0.15) is 0 Å². The minimum atomic E-state index is -0.348. The Hall–Kier alpha value is -2.87. The van der Waals surface area contributed by atoms with Crippen LogP contribution in [0.2, 0.25) is 0 Å². The smallest absolute Gasteiger partial charge is 0.191 e. The third-order valence-electron chi connectivity index (χ3n) is 4.58. The van der Waals surface area contributed by atoms with Gasteiger partial charge in [0.2, 0.25) is 0 Å². The molecule has 0 fully saturated rings. The topological polar surface area (TPSA) is 66.2 Å². The van der Waals surface area contributed by atoms with Crippen molar-refractivity contribution in [3.63, 3.8) is 0 Å². The van der Waals surface area contributed by atoms with Crippen molar-refractivity contribution in [1.29, 1.82) is 0 Å². The van der Waals surface area contributed by atoms with Crippen molar-refractivity contribution < 1.29 is 18.7 Å². The number of nitrogens with zero attached hydrogens (tertiary/aromatic N) is 3. The van der Waals surface area contributed by atoms with Gasteiger partial charge in [0.25, 0.3) is 0 Å². The fourth-order valence-electron chi connectivity index (χ4n) is 3.20. The maximum absolute atomic E-state index is 14.3. The predicted molar refractivity (Wildman–Crippen MR) is 113 cm³/mol. The lowest BCUT2D eigenvalue weighted by Crippen LogP contribution is -2.16. The molecule has 0 amide bonds. The first-order valence-electron chi connectivity index (χ1n) is 9.76. The fraction of sp³-hybridized carbons (Fsp3) is 0.318. The number of hydrogen-bond acceptors (Lipinski definition) is 6. The quantitative estimate of drug-likeness (QED) is 0.409. The Morgan fingerprint density at radius 1 is 1.13 bits per heavy atom. The molecule has 0 saturated heterocycles. The zero-order valence-corrected chi connectivity index (χ0v) is 17.6. The van der Waals surface area contributed by atoms with Gasteiger partial charge in [-0.05, 0) is 36.2 Å². The Kier molecular flexibility index (Phi) is 6.03. The molecule has 0 N–H and O–H groups in total. The zero-order valence-electron chi connectivity index (χ0n) is 16.8. The molecule has 1 aliphatic heterocycles. The first kappa shape index (κ1) is 20.4. The largest absolute Gasteiger partial charge is 0.486 e. The van der Waals surface area contributed by atoms with Crippen molar-refractivity contribution in [3.05, 3.63) is 53.8 Å². The van der Waals surface area contributed by atoms with Crippen LogP contribution in [0.5, 0.6) is 11.5 Å². The maximum atomic E-state index is 14.3. The Labute approximate surface area is 178 Å². The summed E-state index contributed by atoms with van der Waals surface area (Å²) in [5.41, 5.74) is 0.951. The van der Waals surface area contributed by atoms with Crippen LogP contribution in [-0.4, -0.2) is 39.5 Å². The summed E-state index contributed by atoms with van der Waals surface area (Å²) in [4.78, 5) is 12.7. The van der Waals surface area contributed by atoms with Crippen LogP contribution in [0.3, 0.4) is 0 Å². The van der Waals surface area contributed by atoms with Gasteiger partial charge in [-0.25, -0.2) is 4.39 Å². The summed E-state index contributed by atoms with van der Waals surface area (Å²) < 4.78 is 27.2. The number of thioether (sulfide) groups is 1. The van der Waals surface area contributed by atoms with Crippen molar-refractivity contribution in [2.24, 2.45) is 5.92 Å². The number of halogens is 1. The number of carbonyl (C=O) groups is 1. The molecular formula is C22H22FN3O3S. The molecule has 0 aliphatic carbocycles. The van der Waals surface area contributed by atoms with Crippen molar-refractivity contribution >= 4 is 17.5 Å². The van der Waals surface area contributed by atoms with Crippen LogP contribution >= 0.6 is 11.8 Å². The van der Waals surface area contributed by atoms with Crippen LogP contribution in [0.4, 0.5) is 4.39 Å². The summed E-state index contributed by atoms with van der Waals surface area (Å²) in [6.45, 7) is 5.74. The summed E-state index contributed by atoms with van der Waals surface area (Å²) in [5, 5.41) is 9.04. The first-order valence-corrected chi connectivity index (χ1v) is 10.7. The fourth-order valence-corrected chi connectivity index (χ4v) is 4.04. The lowest BCUT2D eigenvalue weighted by atomic mass is 10.1. The second-order valence-electron chi connectivity index (χ2n) is 7.36. The Bertz CT molecular complexity index is 1070. The van der Waals surface area contributed by atoms with Gasteiger partial charge in [-0.3, -0.25) is 4.79 Å². The molecule has 0 spiro atoms. The number of rotatable bonds is 7. The number of hydrogen-bond donors (Lipinski definition) is 0. The lowest BCUT2D eigenvalue weighted by Gasteiger charge is -2.18. The van der Waals surface area contributed by atoms with Gasteiger partial charge in [0.1, 0.15) is 19.0 Å². The highest BCUT2D eigenvalue weighted by Crippen LogP contribution is 2.32. The van der Waals surface area contributed by atoms with Crippen LogP contribution < -0.4 is 9.47 Å². The molecule has 8 heteroatoms. The summed E-state index contributed by atoms with van der Waals surface area (Å²) in [6, 6.07) is 11.7. The number of Topliss-reactive ketones (excluding diaryl/α,β-unsaturated/α-hetero) is 1. The highest BCUT2D eigenvalue weighted by molar-refractivity contribution is 7.99. The van der Waals surface area contributed by atoms with Gasteiger partial charge in [0.05, 0.1) is 11.3 Å². The minimum absolute atomic E-state index is 0.0523. The molecular weight excluding hydrogens is 405 g/mol. The van der Waals surface area contributed by atoms with Crippen molar-refractivity contribution in [3.8, 4) is 22.9 Å². The first-order chi connectivity index (χ1) is 14.5. The van der Waals surface area contributed by atoms with Crippen molar-refractivity contribution in [2.75, 3.05) is 19.0 Å². The average molecular weight is 428 g/mol. The normalized spacial score (nSPS) is 12.9. The molecule has 156 valence electrons. The monoisotopic (exact) mass is 427 g/mol. The SMILES string of the molecule is CC(C)Cn1c(SCC(=O)c2ccc3c(c2)OCCO3)nnc1-c1ccccc1F. The Morgan fingerprint density at radius 2 is 1.90 bits per heavy atom. The van der Waals surface area contributed by atoms with E-state index in [2.05, 4.69) is 24.0 Å². The molecule has 1 aliphatic rings. The second kappa shape index (κ2) is 8.87. The van der Waals surface area contributed by atoms with E-state index in [9.17, 15) is 9.18 Å². The number of fused-ring (bicyclic) bond motifs is 1. The average Bonchev–Trinajstić information content (AvgIpc) is 3.13. The highest BCUT2D eigenvalue weighted by atomic mass is 32.2. The number of ether oxygens (including phenoxy) is 2. The molecule has 6 nitrogen and oxygen atoms in total. The minimum Gasteiger partial charge on any atom is -0.486 e. The highest BCUT2D eigenvalue weighted by Gasteiger charge is 2.20. The molecule has 0 saturated carbocycles. The van der Waals surface area contributed by atoms with E-state index in [0.29, 0.717) is 59.3 Å². The number of aromatic nitrogens is 3. The third-order valence-corrected chi connectivity index (χ3v) is 5.54. The van der Waals surface area contributed by atoms with E-state index in [-0.39, 0.29) is 17.4 Å². The molecule has 1 aromatic heterocycles. The standard InChI is InChI=1S/C22H22FN3O3S/c1-14(2)12-26-21(16-5-3-4-6-17(16)23)24-25-22(26)30-13-18(27)15-7-8-19-20(11-15)29-10-9-28-19/h3-8,11,14H,9-10,12-13H2,1-2H3. The molecule has 4 rings (SSSR count). The van der Waals surface area contributed by atoms with Crippen molar-refractivity contribution in [1.82, 2.24) is 14.8 Å². The molecule has 0 atom stereocenters. The van der Waals surface area contributed by atoms with Gasteiger partial charge in [-0.1, -0.05) is 37.7 Å². The van der Waals surface area contributed by atoms with Crippen LogP contribution in [0, 0.1) is 11.7 Å². The Balaban J connectivity index is 1.54. The molecule has 2 heterocycles. The van der Waals surface area contributed by atoms with Gasteiger partial charge < -0.3 is 14.0 Å². The van der Waals surface area contributed by atoms with E-state index < -0.39 is 0 Å². The summed E-state index contributed by atoms with van der Waals surface area (Å²) in [5.74, 6) is 1.80. The van der Waals surface area contributed by atoms with Crippen LogP contribution in [-0.2, 0) is 6.54 Å². The van der Waals surface area contributed by atoms with E-state index in [0.717, 1.165) is 0 Å². The van der Waals surface area contributed by atoms with E-state index in [1.54, 1.807) is 36.4 Å². The maximum Gasteiger partial charge on any atom is 0.191 e. The molecule has 0 unspecified atom stereocenters. The van der Waals surface area contributed by atoms with E-state index in [1.807, 2.05) is 4.57 Å². The molecule has 3 aromatic rings. The number of benzene rings is 2. The Morgan fingerprint density at radius 3 is 2.67 bits per heavy atom. The van der Waals surface area contributed by atoms with Crippen LogP contribution in [0.1, 0.15) is 24.2 Å². The number of ketones is 1. The number of carbonyl (C=O) groups excluding carboxylic acids is 1. The third kappa shape index (κ3) is 4.33. The predicted octanol–water partition coefficient (Wildman–Crippen LogP) is 4.49. The van der Waals surface area contributed by atoms with Crippen molar-refractivity contribution in [2.45, 2.75) is 25.5 Å². The molecule has 0 radical (unpaired) electrons. The summed E-state index contributed by atoms with van der Waals surface area (Å²) in [6.07, 6.45) is 0. The zero-order chi connectivity index (χ0) is 21.1. The second-order valence-corrected chi connectivity index (χ2v) is 8.30. The molecule has 0 bridgehead atoms. The van der Waals surface area contributed by atoms with Crippen LogP contribution in [0.25, 0.3) is 11.4 Å². The van der Waals surface area contributed by atoms with Gasteiger partial charge in [-0.15, -0.1) is 10.2 Å². The van der Waals surface area contributed by atoms with Crippen LogP contribution in [0.15, 0.2) is 47.6 Å². The van der Waals surface area contributed by atoms with Gasteiger partial charge in [0, 0.05) is 12.1 Å². The summed E-state index contributed by atoms with van der Waals surface area (Å²) in [7, 11) is 0.